The summed E-state index contributed by atoms with van der Waals surface area (Å²) in [6, 6.07) is 32.9. The molecule has 0 aromatic heterocycles. The van der Waals surface area contributed by atoms with Gasteiger partial charge in [0.05, 0.1) is 33.1 Å². The Labute approximate surface area is 343 Å². The second-order valence-electron chi connectivity index (χ2n) is 15.9. The average Bonchev–Trinajstić information content (AvgIpc) is 3.72. The second-order valence-corrected chi connectivity index (χ2v) is 15.9. The maximum atomic E-state index is 14.0. The maximum absolute atomic E-state index is 14.0. The van der Waals surface area contributed by atoms with E-state index in [1.54, 1.807) is 0 Å². The Balaban J connectivity index is 1.29. The van der Waals surface area contributed by atoms with E-state index in [1.807, 2.05) is 48.5 Å². The monoisotopic (exact) mass is 852 g/mol. The van der Waals surface area contributed by atoms with E-state index in [2.05, 4.69) is 0 Å². The summed E-state index contributed by atoms with van der Waals surface area (Å²) in [5.41, 5.74) is -2.77. The van der Waals surface area contributed by atoms with Gasteiger partial charge in [-0.15, -0.1) is 0 Å². The number of hydrogen-bond donors (Lipinski definition) is 0. The standard InChI is InChI=1S/C50H24F12/c51-47(52,53)31-13-5-27(6-14-31)45(28-7-15-32(16-8-28)48(54,55)56)35-21-1-25-2-22-36-42-39(25)41(35)43-37(45)23-3-26-4-24-38(44(42)40(26)43)46(36,29-9-17-33(18-10-29)49(57,58)59)30-11-19-34(20-12-30)50(60,61)62/h1-24H. The summed E-state index contributed by atoms with van der Waals surface area (Å²) in [4.78, 5) is 0. The summed E-state index contributed by atoms with van der Waals surface area (Å²) >= 11 is 0. The van der Waals surface area contributed by atoms with Crippen LogP contribution in [0.1, 0.15) is 66.8 Å². The van der Waals surface area contributed by atoms with Gasteiger partial charge in [-0.25, -0.2) is 0 Å². The summed E-state index contributed by atoms with van der Waals surface area (Å²) in [6.45, 7) is 0. The fourth-order valence-electron chi connectivity index (χ4n) is 10.6. The van der Waals surface area contributed by atoms with Crippen LogP contribution in [0.5, 0.6) is 0 Å². The molecule has 0 nitrogen and oxygen atoms in total. The molecule has 0 saturated carbocycles. The van der Waals surface area contributed by atoms with E-state index in [0.717, 1.165) is 59.3 Å². The highest BCUT2D eigenvalue weighted by molar-refractivity contribution is 6.39. The Bertz CT molecular complexity index is 2860. The first-order valence-electron chi connectivity index (χ1n) is 19.2. The third-order valence-corrected chi connectivity index (χ3v) is 13.1. The molecular formula is C50H24F12. The maximum Gasteiger partial charge on any atom is 0.416 e. The van der Waals surface area contributed by atoms with Crippen molar-refractivity contribution >= 4 is 43.1 Å². The van der Waals surface area contributed by atoms with E-state index in [4.69, 9.17) is 0 Å². The number of rotatable bonds is 4. The van der Waals surface area contributed by atoms with Crippen molar-refractivity contribution in [2.75, 3.05) is 0 Å². The smallest absolute Gasteiger partial charge is 0.166 e. The number of hydrogen-bond acceptors (Lipinski definition) is 0. The van der Waals surface area contributed by atoms with Crippen molar-refractivity contribution < 1.29 is 52.7 Å². The minimum Gasteiger partial charge on any atom is -0.166 e. The minimum absolute atomic E-state index is 0.363. The lowest BCUT2D eigenvalue weighted by molar-refractivity contribution is -0.138. The fraction of sp³-hybridized carbons (Fsp3) is 0.120. The van der Waals surface area contributed by atoms with Gasteiger partial charge in [0.25, 0.3) is 0 Å². The molecule has 0 spiro atoms. The Morgan fingerprint density at radius 3 is 0.597 bits per heavy atom. The molecule has 308 valence electrons. The molecule has 0 aliphatic heterocycles. The quantitative estimate of drug-likeness (QED) is 0.0940. The molecule has 0 radical (unpaired) electrons. The highest BCUT2D eigenvalue weighted by Gasteiger charge is 2.51. The van der Waals surface area contributed by atoms with Gasteiger partial charge >= 0.3 is 24.7 Å². The SMILES string of the molecule is FC(F)(F)c1ccc(C2(c3ccc(C(F)(F)F)cc3)c3ccc4ccc5c6c7c(ccc8ccc2c(c3c46)c87)C5(c2ccc(C(F)(F)F)cc2)c2ccc(C(F)(F)F)cc2)cc1. The van der Waals surface area contributed by atoms with Crippen molar-refractivity contribution in [3.63, 3.8) is 0 Å². The van der Waals surface area contributed by atoms with E-state index in [9.17, 15) is 52.7 Å². The minimum atomic E-state index is -4.68. The summed E-state index contributed by atoms with van der Waals surface area (Å²) in [5, 5.41) is 5.54. The van der Waals surface area contributed by atoms with Crippen LogP contribution in [0.15, 0.2) is 146 Å². The van der Waals surface area contributed by atoms with Gasteiger partial charge in [0, 0.05) is 0 Å². The molecule has 9 aromatic rings. The lowest BCUT2D eigenvalue weighted by Gasteiger charge is -2.35. The third kappa shape index (κ3) is 4.89. The molecule has 0 unspecified atom stereocenters. The van der Waals surface area contributed by atoms with E-state index < -0.39 is 57.8 Å². The predicted molar refractivity (Wildman–Crippen MR) is 211 cm³/mol. The average molecular weight is 853 g/mol. The van der Waals surface area contributed by atoms with Gasteiger partial charge in [-0.2, -0.15) is 52.7 Å². The Kier molecular flexibility index (Phi) is 7.48. The van der Waals surface area contributed by atoms with E-state index in [-0.39, 0.29) is 0 Å². The largest absolute Gasteiger partial charge is 0.416 e. The van der Waals surface area contributed by atoms with Gasteiger partial charge in [0.15, 0.2) is 0 Å². The molecular weight excluding hydrogens is 829 g/mol. The normalized spacial score (nSPS) is 15.7. The van der Waals surface area contributed by atoms with Crippen LogP contribution in [0.25, 0.3) is 43.1 Å². The summed E-state index contributed by atoms with van der Waals surface area (Å²) in [5.74, 6) is 0. The first-order chi connectivity index (χ1) is 29.3. The van der Waals surface area contributed by atoms with E-state index in [1.165, 1.54) is 48.5 Å². The van der Waals surface area contributed by atoms with Crippen molar-refractivity contribution in [2.24, 2.45) is 0 Å². The van der Waals surface area contributed by atoms with Gasteiger partial charge in [-0.05, 0) is 136 Å². The van der Waals surface area contributed by atoms with Crippen LogP contribution in [-0.4, -0.2) is 0 Å². The van der Waals surface area contributed by atoms with Gasteiger partial charge in [0.2, 0.25) is 0 Å². The van der Waals surface area contributed by atoms with Crippen LogP contribution < -0.4 is 0 Å². The van der Waals surface area contributed by atoms with Gasteiger partial charge in [-0.3, -0.25) is 0 Å². The van der Waals surface area contributed by atoms with Crippen LogP contribution in [-0.2, 0) is 35.5 Å². The highest BCUT2D eigenvalue weighted by atomic mass is 19.4. The van der Waals surface area contributed by atoms with Crippen LogP contribution in [0.2, 0.25) is 0 Å². The zero-order valence-electron chi connectivity index (χ0n) is 31.4. The molecule has 2 aliphatic rings. The Hall–Kier alpha value is -6.56. The molecule has 0 saturated heterocycles. The lowest BCUT2D eigenvalue weighted by Crippen LogP contribution is -2.30. The first-order valence-corrected chi connectivity index (χ1v) is 19.2. The molecule has 0 bridgehead atoms. The molecule has 12 heteroatoms. The van der Waals surface area contributed by atoms with Gasteiger partial charge in [-0.1, -0.05) is 97.1 Å². The topological polar surface area (TPSA) is 0 Å². The zero-order chi connectivity index (χ0) is 43.5. The second kappa shape index (κ2) is 12.1. The number of alkyl halides is 12. The molecule has 9 aromatic carbocycles. The number of benzene rings is 9. The molecule has 0 amide bonds. The van der Waals surface area contributed by atoms with Crippen molar-refractivity contribution in [1.29, 1.82) is 0 Å². The van der Waals surface area contributed by atoms with Gasteiger partial charge < -0.3 is 0 Å². The summed E-state index contributed by atoms with van der Waals surface area (Å²) in [7, 11) is 0. The molecule has 0 N–H and O–H groups in total. The molecule has 0 heterocycles. The Morgan fingerprint density at radius 1 is 0.226 bits per heavy atom. The first kappa shape index (κ1) is 38.4. The summed E-state index contributed by atoms with van der Waals surface area (Å²) in [6.07, 6.45) is -18.7. The third-order valence-electron chi connectivity index (χ3n) is 13.1. The Morgan fingerprint density at radius 2 is 0.419 bits per heavy atom. The van der Waals surface area contributed by atoms with E-state index >= 15 is 0 Å². The fourth-order valence-corrected chi connectivity index (χ4v) is 10.6. The van der Waals surface area contributed by atoms with Crippen LogP contribution in [0, 0.1) is 0 Å². The molecule has 11 rings (SSSR count). The highest BCUT2D eigenvalue weighted by Crippen LogP contribution is 2.64. The van der Waals surface area contributed by atoms with Gasteiger partial charge in [0.1, 0.15) is 0 Å². The lowest BCUT2D eigenvalue weighted by atomic mass is 9.66. The van der Waals surface area contributed by atoms with Crippen LogP contribution >= 0.6 is 0 Å². The van der Waals surface area contributed by atoms with E-state index in [0.29, 0.717) is 76.8 Å². The van der Waals surface area contributed by atoms with Crippen molar-refractivity contribution in [1.82, 2.24) is 0 Å². The predicted octanol–water partition coefficient (Wildman–Crippen LogP) is 15.2. The van der Waals surface area contributed by atoms with Crippen LogP contribution in [0.3, 0.4) is 0 Å². The van der Waals surface area contributed by atoms with Crippen molar-refractivity contribution in [3.05, 3.63) is 212 Å². The van der Waals surface area contributed by atoms with Crippen molar-refractivity contribution in [2.45, 2.75) is 35.5 Å². The summed E-state index contributed by atoms with van der Waals surface area (Å²) < 4.78 is 168. The molecule has 2 aliphatic carbocycles. The molecule has 0 atom stereocenters. The molecule has 62 heavy (non-hydrogen) atoms. The zero-order valence-corrected chi connectivity index (χ0v) is 31.4. The van der Waals surface area contributed by atoms with Crippen molar-refractivity contribution in [3.8, 4) is 0 Å². The van der Waals surface area contributed by atoms with Crippen LogP contribution in [0.4, 0.5) is 52.7 Å². The molecule has 0 fully saturated rings. The number of halogens is 12.